The molecule has 4 heteroatoms. The van der Waals surface area contributed by atoms with Crippen molar-refractivity contribution in [3.05, 3.63) is 0 Å². The second-order valence-corrected chi connectivity index (χ2v) is 6.99. The minimum Gasteiger partial charge on any atom is -0.469 e. The molecule has 0 aromatic carbocycles. The number of rotatable bonds is 2. The summed E-state index contributed by atoms with van der Waals surface area (Å²) in [6, 6.07) is 0.302. The zero-order chi connectivity index (χ0) is 13.6. The van der Waals surface area contributed by atoms with Gasteiger partial charge < -0.3 is 9.64 Å². The van der Waals surface area contributed by atoms with Gasteiger partial charge in [-0.05, 0) is 30.1 Å². The molecule has 1 amide bonds. The van der Waals surface area contributed by atoms with E-state index >= 15 is 0 Å². The van der Waals surface area contributed by atoms with E-state index in [2.05, 4.69) is 25.5 Å². The Morgan fingerprint density at radius 1 is 1.28 bits per heavy atom. The first-order chi connectivity index (χ1) is 8.25. The molecular formula is C14H23NO3. The molecule has 0 spiro atoms. The van der Waals surface area contributed by atoms with E-state index < -0.39 is 5.97 Å². The molecule has 2 rings (SSSR count). The highest BCUT2D eigenvalue weighted by molar-refractivity contribution is 5.94. The largest absolute Gasteiger partial charge is 0.469 e. The zero-order valence-corrected chi connectivity index (χ0v) is 11.8. The van der Waals surface area contributed by atoms with Gasteiger partial charge >= 0.3 is 5.97 Å². The van der Waals surface area contributed by atoms with Crippen LogP contribution in [0.2, 0.25) is 0 Å². The Kier molecular flexibility index (Phi) is 3.16. The van der Waals surface area contributed by atoms with Crippen LogP contribution in [0.4, 0.5) is 0 Å². The number of nitrogens with zero attached hydrogens (tertiary/aromatic N) is 1. The number of esters is 1. The second-order valence-electron chi connectivity index (χ2n) is 6.99. The van der Waals surface area contributed by atoms with E-state index in [0.717, 1.165) is 25.8 Å². The van der Waals surface area contributed by atoms with Gasteiger partial charge in [0.1, 0.15) is 6.42 Å². The zero-order valence-electron chi connectivity index (χ0n) is 11.8. The van der Waals surface area contributed by atoms with Crippen LogP contribution in [0.1, 0.15) is 46.5 Å². The van der Waals surface area contributed by atoms with Gasteiger partial charge in [0.2, 0.25) is 5.91 Å². The third-order valence-corrected chi connectivity index (χ3v) is 4.26. The Labute approximate surface area is 109 Å². The average molecular weight is 253 g/mol. The maximum Gasteiger partial charge on any atom is 0.315 e. The van der Waals surface area contributed by atoms with Gasteiger partial charge in [-0.1, -0.05) is 20.8 Å². The van der Waals surface area contributed by atoms with Gasteiger partial charge in [-0.25, -0.2) is 0 Å². The lowest BCUT2D eigenvalue weighted by atomic mass is 9.65. The number of ether oxygens (including phenoxy) is 1. The van der Waals surface area contributed by atoms with Crippen LogP contribution in [-0.4, -0.2) is 36.5 Å². The van der Waals surface area contributed by atoms with E-state index in [4.69, 9.17) is 0 Å². The SMILES string of the molecule is COC(=O)CC(=O)N1CC2(C)CC1CC(C)(C)C2. The lowest BCUT2D eigenvalue weighted by Gasteiger charge is -2.39. The summed E-state index contributed by atoms with van der Waals surface area (Å²) in [5.74, 6) is -0.515. The van der Waals surface area contributed by atoms with Crippen LogP contribution in [0.15, 0.2) is 0 Å². The Bertz CT molecular complexity index is 377. The summed E-state index contributed by atoms with van der Waals surface area (Å²) in [7, 11) is 1.32. The molecular weight excluding hydrogens is 230 g/mol. The van der Waals surface area contributed by atoms with Gasteiger partial charge in [0, 0.05) is 12.6 Å². The molecule has 4 nitrogen and oxygen atoms in total. The quantitative estimate of drug-likeness (QED) is 0.558. The van der Waals surface area contributed by atoms with Crippen molar-refractivity contribution in [3.63, 3.8) is 0 Å². The molecule has 1 saturated heterocycles. The smallest absolute Gasteiger partial charge is 0.315 e. The topological polar surface area (TPSA) is 46.6 Å². The molecule has 2 unspecified atom stereocenters. The summed E-state index contributed by atoms with van der Waals surface area (Å²) in [5, 5.41) is 0. The maximum absolute atomic E-state index is 12.1. The van der Waals surface area contributed by atoms with E-state index in [0.29, 0.717) is 6.04 Å². The fourth-order valence-corrected chi connectivity index (χ4v) is 4.05. The van der Waals surface area contributed by atoms with Crippen LogP contribution < -0.4 is 0 Å². The van der Waals surface area contributed by atoms with Crippen molar-refractivity contribution in [1.82, 2.24) is 4.90 Å². The highest BCUT2D eigenvalue weighted by Crippen LogP contribution is 2.52. The first-order valence-electron chi connectivity index (χ1n) is 6.61. The van der Waals surface area contributed by atoms with Crippen LogP contribution in [-0.2, 0) is 14.3 Å². The average Bonchev–Trinajstić information content (AvgIpc) is 2.47. The highest BCUT2D eigenvalue weighted by Gasteiger charge is 2.50. The number of carbonyl (C=O) groups excluding carboxylic acids is 2. The van der Waals surface area contributed by atoms with Crippen LogP contribution in [0.3, 0.4) is 0 Å². The predicted octanol–water partition coefficient (Wildman–Crippen LogP) is 1.98. The third kappa shape index (κ3) is 2.52. The number of hydrogen-bond donors (Lipinski definition) is 0. The van der Waals surface area contributed by atoms with Gasteiger partial charge in [0.25, 0.3) is 0 Å². The number of amides is 1. The summed E-state index contributed by atoms with van der Waals surface area (Å²) in [5.41, 5.74) is 0.510. The molecule has 2 atom stereocenters. The molecule has 0 aromatic rings. The Morgan fingerprint density at radius 3 is 2.56 bits per heavy atom. The first-order valence-corrected chi connectivity index (χ1v) is 6.61. The molecule has 102 valence electrons. The number of methoxy groups -OCH3 is 1. The van der Waals surface area contributed by atoms with Gasteiger partial charge in [-0.2, -0.15) is 0 Å². The number of fused-ring (bicyclic) bond motifs is 2. The monoisotopic (exact) mass is 253 g/mol. The molecule has 0 N–H and O–H groups in total. The van der Waals surface area contributed by atoms with Crippen molar-refractivity contribution in [1.29, 1.82) is 0 Å². The number of likely N-dealkylation sites (tertiary alicyclic amines) is 1. The summed E-state index contributed by atoms with van der Waals surface area (Å²) in [6.45, 7) is 7.58. The van der Waals surface area contributed by atoms with Crippen molar-refractivity contribution >= 4 is 11.9 Å². The van der Waals surface area contributed by atoms with Crippen molar-refractivity contribution in [3.8, 4) is 0 Å². The van der Waals surface area contributed by atoms with Gasteiger partial charge in [0.15, 0.2) is 0 Å². The Balaban J connectivity index is 2.09. The normalized spacial score (nSPS) is 33.3. The predicted molar refractivity (Wildman–Crippen MR) is 67.9 cm³/mol. The fraction of sp³-hybridized carbons (Fsp3) is 0.857. The number of hydrogen-bond acceptors (Lipinski definition) is 3. The molecule has 1 saturated carbocycles. The molecule has 18 heavy (non-hydrogen) atoms. The van der Waals surface area contributed by atoms with Crippen molar-refractivity contribution in [2.24, 2.45) is 10.8 Å². The summed E-state index contributed by atoms with van der Waals surface area (Å²) in [4.78, 5) is 25.3. The highest BCUT2D eigenvalue weighted by atomic mass is 16.5. The van der Waals surface area contributed by atoms with Crippen molar-refractivity contribution < 1.29 is 14.3 Å². The van der Waals surface area contributed by atoms with Gasteiger partial charge in [-0.3, -0.25) is 9.59 Å². The van der Waals surface area contributed by atoms with Crippen molar-refractivity contribution in [2.75, 3.05) is 13.7 Å². The first kappa shape index (κ1) is 13.4. The minimum atomic E-state index is -0.439. The molecule has 0 radical (unpaired) electrons. The van der Waals surface area contributed by atoms with E-state index in [-0.39, 0.29) is 23.2 Å². The van der Waals surface area contributed by atoms with Crippen LogP contribution in [0.25, 0.3) is 0 Å². The van der Waals surface area contributed by atoms with Crippen molar-refractivity contribution in [2.45, 2.75) is 52.5 Å². The number of carbonyl (C=O) groups is 2. The molecule has 1 aliphatic heterocycles. The molecule has 0 aromatic heterocycles. The van der Waals surface area contributed by atoms with Crippen LogP contribution >= 0.6 is 0 Å². The molecule has 2 fully saturated rings. The Hall–Kier alpha value is -1.06. The summed E-state index contributed by atoms with van der Waals surface area (Å²) >= 11 is 0. The Morgan fingerprint density at radius 2 is 1.94 bits per heavy atom. The standard InChI is InChI=1S/C14H23NO3/c1-13(2)6-10-7-14(3,8-13)9-15(10)11(16)5-12(17)18-4/h10H,5-9H2,1-4H3. The maximum atomic E-state index is 12.1. The lowest BCUT2D eigenvalue weighted by Crippen LogP contribution is -2.38. The molecule has 1 aliphatic carbocycles. The third-order valence-electron chi connectivity index (χ3n) is 4.26. The van der Waals surface area contributed by atoms with Gasteiger partial charge in [0.05, 0.1) is 7.11 Å². The van der Waals surface area contributed by atoms with E-state index in [1.807, 2.05) is 4.90 Å². The summed E-state index contributed by atoms with van der Waals surface area (Å²) < 4.78 is 4.57. The summed E-state index contributed by atoms with van der Waals surface area (Å²) in [6.07, 6.45) is 3.14. The molecule has 2 bridgehead atoms. The van der Waals surface area contributed by atoms with E-state index in [9.17, 15) is 9.59 Å². The van der Waals surface area contributed by atoms with E-state index in [1.54, 1.807) is 0 Å². The second kappa shape index (κ2) is 4.25. The lowest BCUT2D eigenvalue weighted by molar-refractivity contribution is -0.147. The van der Waals surface area contributed by atoms with Crippen LogP contribution in [0.5, 0.6) is 0 Å². The fourth-order valence-electron chi connectivity index (χ4n) is 4.05. The molecule has 2 aliphatic rings. The van der Waals surface area contributed by atoms with Crippen LogP contribution in [0, 0.1) is 10.8 Å². The minimum absolute atomic E-state index is 0.0757. The van der Waals surface area contributed by atoms with Gasteiger partial charge in [-0.15, -0.1) is 0 Å². The molecule has 1 heterocycles. The van der Waals surface area contributed by atoms with E-state index in [1.165, 1.54) is 7.11 Å².